The molecule has 8 heteroatoms. The SMILES string of the molecule is COC(=O)CC[C@H]1CN(Cc2cc(Cl)ccc2O)CC[C@H]1N1CCN(c2ccccc2OC)CC1. The van der Waals surface area contributed by atoms with Crippen molar-refractivity contribution >= 4 is 23.3 Å². The van der Waals surface area contributed by atoms with Gasteiger partial charge in [0.1, 0.15) is 11.5 Å². The van der Waals surface area contributed by atoms with Gasteiger partial charge in [0.05, 0.1) is 19.9 Å². The Morgan fingerprint density at radius 1 is 1.09 bits per heavy atom. The van der Waals surface area contributed by atoms with Gasteiger partial charge in [-0.1, -0.05) is 23.7 Å². The predicted octanol–water partition coefficient (Wildman–Crippen LogP) is 4.02. The molecule has 0 unspecified atom stereocenters. The van der Waals surface area contributed by atoms with Crippen LogP contribution in [-0.4, -0.2) is 80.4 Å². The first-order valence-corrected chi connectivity index (χ1v) is 12.7. The molecule has 0 radical (unpaired) electrons. The van der Waals surface area contributed by atoms with Gasteiger partial charge >= 0.3 is 5.97 Å². The van der Waals surface area contributed by atoms with Crippen LogP contribution in [0.1, 0.15) is 24.8 Å². The summed E-state index contributed by atoms with van der Waals surface area (Å²) in [6.45, 7) is 6.31. The van der Waals surface area contributed by atoms with Gasteiger partial charge in [0.25, 0.3) is 0 Å². The van der Waals surface area contributed by atoms with Crippen molar-refractivity contribution in [2.45, 2.75) is 31.8 Å². The van der Waals surface area contributed by atoms with E-state index in [4.69, 9.17) is 21.1 Å². The van der Waals surface area contributed by atoms with Crippen molar-refractivity contribution < 1.29 is 19.4 Å². The number of phenolic OH excluding ortho intramolecular Hbond substituents is 1. The summed E-state index contributed by atoms with van der Waals surface area (Å²) in [6, 6.07) is 13.8. The highest BCUT2D eigenvalue weighted by Gasteiger charge is 2.35. The summed E-state index contributed by atoms with van der Waals surface area (Å²) in [5.74, 6) is 1.38. The number of piperidine rings is 1. The number of carbonyl (C=O) groups excluding carboxylic acids is 1. The second-order valence-electron chi connectivity index (χ2n) is 9.43. The highest BCUT2D eigenvalue weighted by atomic mass is 35.5. The monoisotopic (exact) mass is 501 g/mol. The average Bonchev–Trinajstić information content (AvgIpc) is 2.89. The van der Waals surface area contributed by atoms with Crippen LogP contribution in [-0.2, 0) is 16.1 Å². The molecule has 2 aliphatic heterocycles. The number of anilines is 1. The molecule has 0 saturated carbocycles. The van der Waals surface area contributed by atoms with Crippen molar-refractivity contribution in [3.8, 4) is 11.5 Å². The van der Waals surface area contributed by atoms with Crippen molar-refractivity contribution in [2.75, 3.05) is 58.4 Å². The highest BCUT2D eigenvalue weighted by molar-refractivity contribution is 6.30. The molecule has 0 aliphatic carbocycles. The second kappa shape index (κ2) is 12.0. The second-order valence-corrected chi connectivity index (χ2v) is 9.87. The topological polar surface area (TPSA) is 65.5 Å². The summed E-state index contributed by atoms with van der Waals surface area (Å²) in [5.41, 5.74) is 1.99. The Balaban J connectivity index is 1.41. The van der Waals surface area contributed by atoms with E-state index >= 15 is 0 Å². The molecule has 4 rings (SSSR count). The molecule has 2 aromatic rings. The van der Waals surface area contributed by atoms with Crippen LogP contribution < -0.4 is 9.64 Å². The number of likely N-dealkylation sites (tertiary alicyclic amines) is 1. The third-order valence-electron chi connectivity index (χ3n) is 7.37. The number of phenols is 1. The molecule has 0 spiro atoms. The number of methoxy groups -OCH3 is 2. The molecule has 35 heavy (non-hydrogen) atoms. The Morgan fingerprint density at radius 3 is 2.60 bits per heavy atom. The maximum atomic E-state index is 11.9. The number of rotatable bonds is 8. The first-order chi connectivity index (χ1) is 17.0. The number of piperazine rings is 1. The van der Waals surface area contributed by atoms with Crippen LogP contribution in [0.4, 0.5) is 5.69 Å². The molecule has 190 valence electrons. The lowest BCUT2D eigenvalue weighted by Crippen LogP contribution is -2.56. The molecule has 0 bridgehead atoms. The van der Waals surface area contributed by atoms with Crippen LogP contribution in [0.15, 0.2) is 42.5 Å². The van der Waals surface area contributed by atoms with Gasteiger partial charge in [-0.3, -0.25) is 14.6 Å². The molecular weight excluding hydrogens is 466 g/mol. The normalized spacial score (nSPS) is 21.6. The highest BCUT2D eigenvalue weighted by Crippen LogP contribution is 2.32. The van der Waals surface area contributed by atoms with Crippen molar-refractivity contribution in [3.63, 3.8) is 0 Å². The number of aromatic hydroxyl groups is 1. The number of nitrogens with zero attached hydrogens (tertiary/aromatic N) is 3. The molecule has 1 N–H and O–H groups in total. The van der Waals surface area contributed by atoms with Gasteiger partial charge in [0.2, 0.25) is 0 Å². The Kier molecular flexibility index (Phi) is 8.76. The number of esters is 1. The zero-order chi connectivity index (χ0) is 24.8. The van der Waals surface area contributed by atoms with Gasteiger partial charge in [-0.05, 0) is 55.6 Å². The first kappa shape index (κ1) is 25.6. The maximum Gasteiger partial charge on any atom is 0.305 e. The lowest BCUT2D eigenvalue weighted by atomic mass is 9.86. The summed E-state index contributed by atoms with van der Waals surface area (Å²) in [5, 5.41) is 10.9. The molecule has 0 aromatic heterocycles. The van der Waals surface area contributed by atoms with Gasteiger partial charge in [-0.25, -0.2) is 0 Å². The van der Waals surface area contributed by atoms with Gasteiger partial charge < -0.3 is 19.5 Å². The molecule has 7 nitrogen and oxygen atoms in total. The zero-order valence-corrected chi connectivity index (χ0v) is 21.4. The molecule has 0 amide bonds. The van der Waals surface area contributed by atoms with Crippen molar-refractivity contribution in [1.82, 2.24) is 9.80 Å². The van der Waals surface area contributed by atoms with Gasteiger partial charge in [-0.2, -0.15) is 0 Å². The van der Waals surface area contributed by atoms with Crippen molar-refractivity contribution in [2.24, 2.45) is 5.92 Å². The van der Waals surface area contributed by atoms with E-state index in [-0.39, 0.29) is 11.7 Å². The number of para-hydroxylation sites is 2. The fourth-order valence-electron chi connectivity index (χ4n) is 5.52. The quantitative estimate of drug-likeness (QED) is 0.548. The van der Waals surface area contributed by atoms with Gasteiger partial charge in [0, 0.05) is 62.3 Å². The molecule has 2 aliphatic rings. The van der Waals surface area contributed by atoms with E-state index in [2.05, 4.69) is 26.8 Å². The first-order valence-electron chi connectivity index (χ1n) is 12.4. The van der Waals surface area contributed by atoms with Crippen LogP contribution in [0.5, 0.6) is 11.5 Å². The number of carbonyl (C=O) groups is 1. The minimum Gasteiger partial charge on any atom is -0.508 e. The minimum absolute atomic E-state index is 0.158. The number of halogens is 1. The van der Waals surface area contributed by atoms with Crippen molar-refractivity contribution in [1.29, 1.82) is 0 Å². The molecular formula is C27H36ClN3O4. The Labute approximate surface area is 213 Å². The number of hydrogen-bond acceptors (Lipinski definition) is 7. The third-order valence-corrected chi connectivity index (χ3v) is 7.60. The standard InChI is InChI=1S/C27H36ClN3O4/c1-34-26-6-4-3-5-24(26)31-15-13-30(14-16-31)23-11-12-29(18-20(23)7-10-27(33)35-2)19-21-17-22(28)8-9-25(21)32/h3-6,8-9,17,20,23,32H,7,10-16,18-19H2,1-2H3/t20-,23+/m0/s1. The lowest BCUT2D eigenvalue weighted by Gasteiger charge is -2.47. The van der Waals surface area contributed by atoms with Crippen LogP contribution in [0.2, 0.25) is 5.02 Å². The number of benzene rings is 2. The Hall–Kier alpha value is -2.48. The molecule has 2 atom stereocenters. The number of ether oxygens (including phenoxy) is 2. The van der Waals surface area contributed by atoms with E-state index in [1.165, 1.54) is 7.11 Å². The van der Waals surface area contributed by atoms with Gasteiger partial charge in [-0.15, -0.1) is 0 Å². The Bertz CT molecular complexity index is 996. The largest absolute Gasteiger partial charge is 0.508 e. The van der Waals surface area contributed by atoms with E-state index in [0.717, 1.165) is 69.1 Å². The third kappa shape index (κ3) is 6.40. The smallest absolute Gasteiger partial charge is 0.305 e. The summed E-state index contributed by atoms with van der Waals surface area (Å²) >= 11 is 6.16. The minimum atomic E-state index is -0.158. The van der Waals surface area contributed by atoms with E-state index in [9.17, 15) is 9.90 Å². The summed E-state index contributed by atoms with van der Waals surface area (Å²) in [7, 11) is 3.17. The van der Waals surface area contributed by atoms with Crippen molar-refractivity contribution in [3.05, 3.63) is 53.1 Å². The van der Waals surface area contributed by atoms with E-state index in [0.29, 0.717) is 29.9 Å². The molecule has 2 heterocycles. The van der Waals surface area contributed by atoms with Crippen LogP contribution >= 0.6 is 11.6 Å². The maximum absolute atomic E-state index is 11.9. The van der Waals surface area contributed by atoms with E-state index in [1.54, 1.807) is 19.2 Å². The Morgan fingerprint density at radius 2 is 1.86 bits per heavy atom. The zero-order valence-electron chi connectivity index (χ0n) is 20.7. The van der Waals surface area contributed by atoms with Crippen LogP contribution in [0.3, 0.4) is 0 Å². The van der Waals surface area contributed by atoms with E-state index in [1.807, 2.05) is 18.2 Å². The van der Waals surface area contributed by atoms with Gasteiger partial charge in [0.15, 0.2) is 0 Å². The lowest BCUT2D eigenvalue weighted by molar-refractivity contribution is -0.141. The molecule has 2 fully saturated rings. The average molecular weight is 502 g/mol. The van der Waals surface area contributed by atoms with E-state index < -0.39 is 0 Å². The van der Waals surface area contributed by atoms with Crippen LogP contribution in [0, 0.1) is 5.92 Å². The molecule has 2 aromatic carbocycles. The number of hydrogen-bond donors (Lipinski definition) is 1. The van der Waals surface area contributed by atoms with Crippen LogP contribution in [0.25, 0.3) is 0 Å². The fourth-order valence-corrected chi connectivity index (χ4v) is 5.71. The molecule has 2 saturated heterocycles. The summed E-state index contributed by atoms with van der Waals surface area (Å²) in [6.07, 6.45) is 2.25. The predicted molar refractivity (Wildman–Crippen MR) is 138 cm³/mol. The fraction of sp³-hybridized carbons (Fsp3) is 0.519. The summed E-state index contributed by atoms with van der Waals surface area (Å²) < 4.78 is 10.5. The summed E-state index contributed by atoms with van der Waals surface area (Å²) in [4.78, 5) is 19.3.